The highest BCUT2D eigenvalue weighted by atomic mass is 31.2. The van der Waals surface area contributed by atoms with Crippen molar-refractivity contribution in [3.63, 3.8) is 0 Å². The maximum atomic E-state index is 12.2. The van der Waals surface area contributed by atoms with Gasteiger partial charge in [-0.3, -0.25) is 27.9 Å². The van der Waals surface area contributed by atoms with Crippen LogP contribution in [-0.4, -0.2) is 72.0 Å². The number of phosphoric ester groups is 2. The number of aliphatic hydroxyl groups excluding tert-OH is 1. The number of phosphoric acid groups is 2. The molecule has 3 rings (SSSR count). The van der Waals surface area contributed by atoms with E-state index >= 15 is 0 Å². The van der Waals surface area contributed by atoms with Crippen LogP contribution in [0.5, 0.6) is 0 Å². The highest BCUT2D eigenvalue weighted by molar-refractivity contribution is 7.47. The third kappa shape index (κ3) is 5.96. The highest BCUT2D eigenvalue weighted by Crippen LogP contribution is 2.49. The van der Waals surface area contributed by atoms with Gasteiger partial charge in [-0.2, -0.15) is 0 Å². The third-order valence-corrected chi connectivity index (χ3v) is 6.13. The van der Waals surface area contributed by atoms with Crippen molar-refractivity contribution in [2.24, 2.45) is 5.29 Å². The molecule has 0 amide bonds. The largest absolute Gasteiger partial charge is 0.474 e. The normalized spacial score (nSPS) is 30.4. The fourth-order valence-corrected chi connectivity index (χ4v) is 4.72. The average Bonchev–Trinajstić information content (AvgIpc) is 3.24. The fourth-order valence-electron chi connectivity index (χ4n) is 3.25. The number of hydrogen-bond donors (Lipinski definition) is 5. The molecule has 180 valence electrons. The van der Waals surface area contributed by atoms with Crippen LogP contribution in [0.2, 0.25) is 0 Å². The molecular formula is C13H20N4O13P2. The summed E-state index contributed by atoms with van der Waals surface area (Å²) < 4.78 is 43.8. The molecule has 0 radical (unpaired) electrons. The van der Waals surface area contributed by atoms with Gasteiger partial charge in [0.05, 0.1) is 11.9 Å². The van der Waals surface area contributed by atoms with Gasteiger partial charge in [0.15, 0.2) is 12.5 Å². The summed E-state index contributed by atoms with van der Waals surface area (Å²) in [6.07, 6.45) is -6.25. The summed E-state index contributed by atoms with van der Waals surface area (Å²) in [6.45, 7) is -0.610. The van der Waals surface area contributed by atoms with E-state index in [1.54, 1.807) is 0 Å². The van der Waals surface area contributed by atoms with Gasteiger partial charge in [0.2, 0.25) is 0 Å². The Kier molecular flexibility index (Phi) is 7.46. The van der Waals surface area contributed by atoms with Crippen molar-refractivity contribution in [2.45, 2.75) is 43.6 Å². The summed E-state index contributed by atoms with van der Waals surface area (Å²) in [5.74, 6) is 0. The van der Waals surface area contributed by atoms with Crippen LogP contribution in [0.3, 0.4) is 0 Å². The van der Waals surface area contributed by atoms with Crippen LogP contribution in [0.15, 0.2) is 27.1 Å². The molecule has 0 saturated carbocycles. The number of H-pyrrole nitrogens is 1. The topological polar surface area (TPSA) is 240 Å². The summed E-state index contributed by atoms with van der Waals surface area (Å²) in [5, 5.41) is 14.0. The molecule has 2 fully saturated rings. The molecule has 1 unspecified atom stereocenters. The second-order valence-electron chi connectivity index (χ2n) is 6.85. The first kappa shape index (κ1) is 24.9. The van der Waals surface area contributed by atoms with Crippen LogP contribution in [0.4, 0.5) is 0 Å². The number of rotatable bonds is 9. The van der Waals surface area contributed by atoms with Crippen LogP contribution in [0.25, 0.3) is 0 Å². The Hall–Kier alpha value is -1.78. The minimum Gasteiger partial charge on any atom is -0.387 e. The molecule has 0 bridgehead atoms. The van der Waals surface area contributed by atoms with Gasteiger partial charge in [0.25, 0.3) is 5.56 Å². The van der Waals surface area contributed by atoms with Gasteiger partial charge in [-0.15, -0.1) is 4.91 Å². The van der Waals surface area contributed by atoms with Crippen molar-refractivity contribution in [1.29, 1.82) is 0 Å². The molecule has 2 aliphatic rings. The third-order valence-electron chi connectivity index (χ3n) is 4.63. The van der Waals surface area contributed by atoms with E-state index in [-0.39, 0.29) is 13.0 Å². The number of aromatic nitrogens is 2. The maximum Gasteiger partial charge on any atom is 0.474 e. The van der Waals surface area contributed by atoms with Crippen molar-refractivity contribution < 1.29 is 47.2 Å². The molecule has 2 saturated heterocycles. The van der Waals surface area contributed by atoms with E-state index in [9.17, 15) is 33.6 Å². The van der Waals surface area contributed by atoms with Gasteiger partial charge in [-0.1, -0.05) is 0 Å². The summed E-state index contributed by atoms with van der Waals surface area (Å²) in [6, 6.07) is 0.916. The summed E-state index contributed by atoms with van der Waals surface area (Å²) >= 11 is 0. The van der Waals surface area contributed by atoms with E-state index in [2.05, 4.69) is 9.81 Å². The number of aliphatic hydroxyl groups is 1. The lowest BCUT2D eigenvalue weighted by atomic mass is 10.1. The molecule has 0 aromatic carbocycles. The molecule has 1 aromatic heterocycles. The van der Waals surface area contributed by atoms with Crippen molar-refractivity contribution in [3.8, 4) is 0 Å². The minimum absolute atomic E-state index is 0.218. The van der Waals surface area contributed by atoms with E-state index in [4.69, 9.17) is 23.6 Å². The summed E-state index contributed by atoms with van der Waals surface area (Å²) in [4.78, 5) is 64.0. The predicted molar refractivity (Wildman–Crippen MR) is 101 cm³/mol. The molecule has 19 heteroatoms. The zero-order chi connectivity index (χ0) is 23.7. The van der Waals surface area contributed by atoms with Crippen molar-refractivity contribution in [1.82, 2.24) is 14.6 Å². The van der Waals surface area contributed by atoms with Gasteiger partial charge in [0, 0.05) is 18.8 Å². The minimum atomic E-state index is -5.19. The number of hydrogen-bond acceptors (Lipinski definition) is 11. The van der Waals surface area contributed by atoms with E-state index in [0.717, 1.165) is 17.3 Å². The van der Waals surface area contributed by atoms with Crippen molar-refractivity contribution >= 4 is 15.6 Å². The molecule has 1 aromatic rings. The van der Waals surface area contributed by atoms with Crippen LogP contribution in [0.1, 0.15) is 19.1 Å². The Morgan fingerprint density at radius 1 is 1.25 bits per heavy atom. The standard InChI is InChI=1S/C13H20N4O13P2/c18-8-3-5-16(13(20)14-8)12-11(30-31(22,23)24)10(19)7(28-12)6-27-32(25,26)29-9-2-1-4-17(9)15-21/h3,5,7,9-12,19H,1-2,4,6H2,(H,25,26)(H,14,18,20)(H2,22,23,24)/t7-,9+,10-,11-,12-/m1/s1. The first-order chi connectivity index (χ1) is 14.9. The fraction of sp³-hybridized carbons (Fsp3) is 0.692. The predicted octanol–water partition coefficient (Wildman–Crippen LogP) is -1.49. The molecule has 0 aliphatic carbocycles. The number of nitroso groups, excluding NO2 is 1. The summed E-state index contributed by atoms with van der Waals surface area (Å²) in [7, 11) is -9.97. The quantitative estimate of drug-likeness (QED) is 0.191. The summed E-state index contributed by atoms with van der Waals surface area (Å²) in [5.41, 5.74) is -1.80. The van der Waals surface area contributed by atoms with E-state index in [1.165, 1.54) is 0 Å². The van der Waals surface area contributed by atoms with Gasteiger partial charge >= 0.3 is 21.3 Å². The number of nitrogens with one attached hydrogen (secondary N) is 1. The number of nitrogens with zero attached hydrogens (tertiary/aromatic N) is 3. The molecule has 6 atom stereocenters. The molecule has 0 spiro atoms. The molecule has 2 aliphatic heterocycles. The van der Waals surface area contributed by atoms with Crippen molar-refractivity contribution in [3.05, 3.63) is 38.0 Å². The first-order valence-electron chi connectivity index (χ1n) is 9.05. The van der Waals surface area contributed by atoms with E-state index < -0.39 is 64.3 Å². The van der Waals surface area contributed by atoms with Gasteiger partial charge in [-0.05, 0) is 12.8 Å². The van der Waals surface area contributed by atoms with Crippen molar-refractivity contribution in [2.75, 3.05) is 13.2 Å². The van der Waals surface area contributed by atoms with Crippen LogP contribution in [0, 0.1) is 4.91 Å². The lowest BCUT2D eigenvalue weighted by molar-refractivity contribution is -0.0583. The molecule has 3 heterocycles. The molecule has 32 heavy (non-hydrogen) atoms. The van der Waals surface area contributed by atoms with Crippen LogP contribution < -0.4 is 11.2 Å². The number of ether oxygens (including phenoxy) is 1. The Morgan fingerprint density at radius 2 is 1.97 bits per heavy atom. The molecular weight excluding hydrogens is 482 g/mol. The smallest absolute Gasteiger partial charge is 0.387 e. The average molecular weight is 502 g/mol. The lowest BCUT2D eigenvalue weighted by Crippen LogP contribution is -2.39. The zero-order valence-electron chi connectivity index (χ0n) is 16.1. The maximum absolute atomic E-state index is 12.2. The Balaban J connectivity index is 1.74. The molecule has 17 nitrogen and oxygen atoms in total. The van der Waals surface area contributed by atoms with E-state index in [0.29, 0.717) is 11.0 Å². The van der Waals surface area contributed by atoms with E-state index in [1.807, 2.05) is 4.98 Å². The monoisotopic (exact) mass is 502 g/mol. The zero-order valence-corrected chi connectivity index (χ0v) is 17.9. The van der Waals surface area contributed by atoms with Gasteiger partial charge < -0.3 is 24.5 Å². The first-order valence-corrected chi connectivity index (χ1v) is 12.1. The highest BCUT2D eigenvalue weighted by Gasteiger charge is 2.49. The lowest BCUT2D eigenvalue weighted by Gasteiger charge is -2.22. The van der Waals surface area contributed by atoms with Crippen LogP contribution >= 0.6 is 15.6 Å². The van der Waals surface area contributed by atoms with Crippen LogP contribution in [-0.2, 0) is 27.4 Å². The number of aromatic amines is 1. The van der Waals surface area contributed by atoms with Gasteiger partial charge in [-0.25, -0.2) is 18.9 Å². The molecule has 5 N–H and O–H groups in total. The Labute approximate surface area is 178 Å². The SMILES string of the molecule is O=NN1CCC[C@@H]1OP(=O)(O)OC[C@H]1O[C@@H](n2ccc(=O)[nH]c2=O)[C@H](OP(=O)(O)O)[C@@H]1O. The Bertz CT molecular complexity index is 1040. The second-order valence-corrected chi connectivity index (χ2v) is 9.44. The Morgan fingerprint density at radius 3 is 2.59 bits per heavy atom. The second kappa shape index (κ2) is 9.61. The van der Waals surface area contributed by atoms with Gasteiger partial charge in [0.1, 0.15) is 18.3 Å².